The molecule has 154 valence electrons. The lowest BCUT2D eigenvalue weighted by molar-refractivity contribution is 0.469. The van der Waals surface area contributed by atoms with E-state index in [4.69, 9.17) is 10.2 Å². The van der Waals surface area contributed by atoms with E-state index in [0.717, 1.165) is 25.4 Å². The molecule has 0 aromatic carbocycles. The second kappa shape index (κ2) is 28.6. The van der Waals surface area contributed by atoms with Crippen molar-refractivity contribution in [2.24, 2.45) is 0 Å². The smallest absolute Gasteiger partial charge is 0.0791 e. The molecule has 2 nitrogen and oxygen atoms in total. The van der Waals surface area contributed by atoms with E-state index in [0.29, 0.717) is 0 Å². The van der Waals surface area contributed by atoms with Crippen LogP contribution in [0.1, 0.15) is 117 Å². The molecule has 0 saturated heterocycles. The van der Waals surface area contributed by atoms with Crippen LogP contribution in [0, 0.1) is 0 Å². The van der Waals surface area contributed by atoms with Crippen molar-refractivity contribution in [2.45, 2.75) is 117 Å². The Morgan fingerprint density at radius 2 is 0.885 bits per heavy atom. The highest BCUT2D eigenvalue weighted by molar-refractivity contribution is 4.98. The first-order valence-electron chi connectivity index (χ1n) is 11.1. The van der Waals surface area contributed by atoms with Crippen molar-refractivity contribution in [2.75, 3.05) is 0 Å². The van der Waals surface area contributed by atoms with E-state index in [1.54, 1.807) is 6.08 Å². The molecule has 0 unspecified atom stereocenters. The molecule has 2 heteroatoms. The first kappa shape index (κ1) is 27.0. The third kappa shape index (κ3) is 30.7. The van der Waals surface area contributed by atoms with Crippen LogP contribution >= 0.6 is 0 Å². The number of hydrogen-bond acceptors (Lipinski definition) is 2. The van der Waals surface area contributed by atoms with Crippen molar-refractivity contribution in [3.63, 3.8) is 0 Å². The van der Waals surface area contributed by atoms with Crippen molar-refractivity contribution >= 4 is 0 Å². The summed E-state index contributed by atoms with van der Waals surface area (Å²) in [6.45, 7) is 4.49. The fourth-order valence-corrected chi connectivity index (χ4v) is 2.74. The van der Waals surface area contributed by atoms with Crippen molar-refractivity contribution in [1.82, 2.24) is 0 Å². The number of aliphatic hydroxyl groups excluding tert-OH is 2. The minimum absolute atomic E-state index is 1.03. The first-order chi connectivity index (χ1) is 12.8. The molecule has 0 aliphatic rings. The van der Waals surface area contributed by atoms with Gasteiger partial charge in [0.25, 0.3) is 0 Å². The van der Waals surface area contributed by atoms with Crippen LogP contribution in [0.4, 0.5) is 0 Å². The van der Waals surface area contributed by atoms with Crippen LogP contribution in [0.25, 0.3) is 0 Å². The molecule has 0 bridgehead atoms. The van der Waals surface area contributed by atoms with Gasteiger partial charge in [-0.1, -0.05) is 109 Å². The Kier molecular flexibility index (Phi) is 29.8. The van der Waals surface area contributed by atoms with Crippen molar-refractivity contribution < 1.29 is 10.2 Å². The monoisotopic (exact) mass is 366 g/mol. The maximum Gasteiger partial charge on any atom is 0.0791 e. The average molecular weight is 367 g/mol. The number of rotatable bonds is 17. The Hall–Kier alpha value is -1.18. The van der Waals surface area contributed by atoms with Gasteiger partial charge in [0, 0.05) is 0 Å². The molecule has 0 aromatic rings. The molecule has 0 spiro atoms. The normalized spacial score (nSPS) is 11.5. The maximum absolute atomic E-state index is 8.41. The zero-order valence-electron chi connectivity index (χ0n) is 17.7. The number of allylic oxidation sites excluding steroid dienone is 4. The molecule has 0 saturated carbocycles. The van der Waals surface area contributed by atoms with Crippen LogP contribution in [0.3, 0.4) is 0 Å². The first-order valence-corrected chi connectivity index (χ1v) is 11.1. The van der Waals surface area contributed by atoms with Crippen molar-refractivity contribution in [1.29, 1.82) is 0 Å². The largest absolute Gasteiger partial charge is 0.516 e. The van der Waals surface area contributed by atoms with Crippen LogP contribution in [0.5, 0.6) is 0 Å². The predicted octanol–water partition coefficient (Wildman–Crippen LogP) is 8.95. The van der Waals surface area contributed by atoms with Gasteiger partial charge in [-0.25, -0.2) is 0 Å². The van der Waals surface area contributed by atoms with E-state index >= 15 is 0 Å². The highest BCUT2D eigenvalue weighted by Gasteiger charge is 1.90. The maximum atomic E-state index is 8.41. The van der Waals surface area contributed by atoms with Gasteiger partial charge in [-0.3, -0.25) is 0 Å². The Morgan fingerprint density at radius 1 is 0.462 bits per heavy atom. The summed E-state index contributed by atoms with van der Waals surface area (Å²) in [5.41, 5.74) is 0. The van der Waals surface area contributed by atoms with Crippen LogP contribution in [0.15, 0.2) is 36.8 Å². The van der Waals surface area contributed by atoms with Gasteiger partial charge < -0.3 is 10.2 Å². The molecule has 0 aliphatic heterocycles. The summed E-state index contributed by atoms with van der Waals surface area (Å²) in [6.07, 6.45) is 30.8. The minimum atomic E-state index is 1.03. The van der Waals surface area contributed by atoms with E-state index in [1.165, 1.54) is 89.9 Å². The number of aliphatic hydroxyl groups is 2. The highest BCUT2D eigenvalue weighted by atomic mass is 16.2. The SMILES string of the molecule is CCCCCCC/C=C\C=C\O.CCCCCCCCCCC/C=C/O. The Balaban J connectivity index is 0. The molecule has 0 radical (unpaired) electrons. The summed E-state index contributed by atoms with van der Waals surface area (Å²) < 4.78 is 0. The van der Waals surface area contributed by atoms with Gasteiger partial charge in [-0.15, -0.1) is 0 Å². The molecule has 0 atom stereocenters. The summed E-state index contributed by atoms with van der Waals surface area (Å²) in [7, 11) is 0. The third-order valence-corrected chi connectivity index (χ3v) is 4.39. The van der Waals surface area contributed by atoms with E-state index < -0.39 is 0 Å². The summed E-state index contributed by atoms with van der Waals surface area (Å²) in [4.78, 5) is 0. The molecule has 0 aromatic heterocycles. The topological polar surface area (TPSA) is 40.5 Å². The van der Waals surface area contributed by atoms with Gasteiger partial charge in [0.1, 0.15) is 0 Å². The zero-order valence-corrected chi connectivity index (χ0v) is 17.7. The van der Waals surface area contributed by atoms with Gasteiger partial charge in [0.2, 0.25) is 0 Å². The molecule has 0 fully saturated rings. The Labute approximate surface area is 164 Å². The summed E-state index contributed by atoms with van der Waals surface area (Å²) in [5.74, 6) is 0. The van der Waals surface area contributed by atoms with Gasteiger partial charge in [-0.2, -0.15) is 0 Å². The Morgan fingerprint density at radius 3 is 1.31 bits per heavy atom. The fourth-order valence-electron chi connectivity index (χ4n) is 2.74. The molecule has 0 rings (SSSR count). The van der Waals surface area contributed by atoms with E-state index in [1.807, 2.05) is 12.2 Å². The molecular formula is C24H46O2. The van der Waals surface area contributed by atoms with Crippen LogP contribution < -0.4 is 0 Å². The molecule has 0 amide bonds. The van der Waals surface area contributed by atoms with Crippen LogP contribution in [0.2, 0.25) is 0 Å². The second-order valence-electron chi connectivity index (χ2n) is 6.97. The second-order valence-corrected chi connectivity index (χ2v) is 6.97. The predicted molar refractivity (Wildman–Crippen MR) is 118 cm³/mol. The summed E-state index contributed by atoms with van der Waals surface area (Å²) >= 11 is 0. The fraction of sp³-hybridized carbons (Fsp3) is 0.750. The van der Waals surface area contributed by atoms with E-state index in [-0.39, 0.29) is 0 Å². The lowest BCUT2D eigenvalue weighted by Crippen LogP contribution is -1.80. The molecule has 0 heterocycles. The number of hydrogen-bond donors (Lipinski definition) is 2. The quantitative estimate of drug-likeness (QED) is 0.153. The van der Waals surface area contributed by atoms with Crippen molar-refractivity contribution in [3.8, 4) is 0 Å². The van der Waals surface area contributed by atoms with Crippen LogP contribution in [-0.4, -0.2) is 10.2 Å². The molecule has 0 aliphatic carbocycles. The molecule has 26 heavy (non-hydrogen) atoms. The lowest BCUT2D eigenvalue weighted by atomic mass is 10.1. The van der Waals surface area contributed by atoms with E-state index in [9.17, 15) is 0 Å². The minimum Gasteiger partial charge on any atom is -0.516 e. The Bertz CT molecular complexity index is 305. The summed E-state index contributed by atoms with van der Waals surface area (Å²) in [6, 6.07) is 0. The van der Waals surface area contributed by atoms with Gasteiger partial charge >= 0.3 is 0 Å². The van der Waals surface area contributed by atoms with Gasteiger partial charge in [0.15, 0.2) is 0 Å². The standard InChI is InChI=1S/C13H26O.C11H20O/c1-2-3-4-5-6-7-8-9-10-11-12-13-14;1-2-3-4-5-6-7-8-9-10-11-12/h12-14H,2-11H2,1H3;8-12H,2-7H2,1H3/b13-12+;9-8-,11-10+. The average Bonchev–Trinajstić information content (AvgIpc) is 2.66. The van der Waals surface area contributed by atoms with Gasteiger partial charge in [-0.05, 0) is 31.8 Å². The molecular weight excluding hydrogens is 320 g/mol. The summed E-state index contributed by atoms with van der Waals surface area (Å²) in [5, 5.41) is 16.7. The van der Waals surface area contributed by atoms with Gasteiger partial charge in [0.05, 0.1) is 12.5 Å². The van der Waals surface area contributed by atoms with Crippen molar-refractivity contribution in [3.05, 3.63) is 36.8 Å². The zero-order chi connectivity index (χ0) is 19.6. The highest BCUT2D eigenvalue weighted by Crippen LogP contribution is 2.10. The third-order valence-electron chi connectivity index (χ3n) is 4.39. The van der Waals surface area contributed by atoms with Crippen LogP contribution in [-0.2, 0) is 0 Å². The number of unbranched alkanes of at least 4 members (excludes halogenated alkanes) is 14. The molecule has 2 N–H and O–H groups in total. The lowest BCUT2D eigenvalue weighted by Gasteiger charge is -2.00. The van der Waals surface area contributed by atoms with E-state index in [2.05, 4.69) is 19.9 Å².